The van der Waals surface area contributed by atoms with Gasteiger partial charge in [-0.25, -0.2) is 4.98 Å². The van der Waals surface area contributed by atoms with Crippen LogP contribution in [0.5, 0.6) is 5.75 Å². The lowest BCUT2D eigenvalue weighted by Crippen LogP contribution is -2.16. The van der Waals surface area contributed by atoms with Gasteiger partial charge in [0.05, 0.1) is 18.5 Å². The fourth-order valence-electron chi connectivity index (χ4n) is 1.90. The Morgan fingerprint density at radius 1 is 1.20 bits per heavy atom. The molecule has 0 saturated carbocycles. The van der Waals surface area contributed by atoms with Gasteiger partial charge in [0.2, 0.25) is 0 Å². The average Bonchev–Trinajstić information content (AvgIpc) is 2.49. The first-order valence-corrected chi connectivity index (χ1v) is 6.52. The van der Waals surface area contributed by atoms with E-state index in [4.69, 9.17) is 10.00 Å². The summed E-state index contributed by atoms with van der Waals surface area (Å²) in [6.45, 7) is 3.43. The highest BCUT2D eigenvalue weighted by atomic mass is 16.5. The molecule has 0 radical (unpaired) electrons. The molecule has 4 nitrogen and oxygen atoms in total. The van der Waals surface area contributed by atoms with Crippen LogP contribution >= 0.6 is 0 Å². The third-order valence-corrected chi connectivity index (χ3v) is 2.96. The molecule has 0 fully saturated rings. The third-order valence-electron chi connectivity index (χ3n) is 2.96. The minimum atomic E-state index is 0.434. The van der Waals surface area contributed by atoms with Gasteiger partial charge in [0.15, 0.2) is 0 Å². The fraction of sp³-hybridized carbons (Fsp3) is 0.250. The zero-order valence-electron chi connectivity index (χ0n) is 11.7. The van der Waals surface area contributed by atoms with E-state index >= 15 is 0 Å². The highest BCUT2D eigenvalue weighted by Gasteiger charge is 2.03. The summed E-state index contributed by atoms with van der Waals surface area (Å²) in [5, 5.41) is 8.73. The lowest BCUT2D eigenvalue weighted by Gasteiger charge is -2.19. The molecular weight excluding hydrogens is 250 g/mol. The first kappa shape index (κ1) is 13.9. The minimum absolute atomic E-state index is 0.434. The summed E-state index contributed by atoms with van der Waals surface area (Å²) in [5.74, 6) is 0.888. The maximum atomic E-state index is 8.73. The Bertz CT molecular complexity index is 585. The average molecular weight is 267 g/mol. The van der Waals surface area contributed by atoms with E-state index in [1.807, 2.05) is 38.2 Å². The molecule has 0 bridgehead atoms. The van der Waals surface area contributed by atoms with Crippen LogP contribution in [0.25, 0.3) is 0 Å². The van der Waals surface area contributed by atoms with Gasteiger partial charge in [0.25, 0.3) is 0 Å². The Hall–Kier alpha value is -2.54. The Labute approximate surface area is 119 Å². The van der Waals surface area contributed by atoms with Gasteiger partial charge in [0, 0.05) is 13.6 Å². The van der Waals surface area contributed by atoms with Gasteiger partial charge in [-0.05, 0) is 36.8 Å². The van der Waals surface area contributed by atoms with Crippen LogP contribution in [0.4, 0.5) is 5.69 Å². The molecule has 0 aliphatic carbocycles. The van der Waals surface area contributed by atoms with Crippen molar-refractivity contribution >= 4 is 5.69 Å². The molecule has 102 valence electrons. The molecule has 1 aromatic carbocycles. The fourth-order valence-corrected chi connectivity index (χ4v) is 1.90. The molecule has 0 atom stereocenters. The monoisotopic (exact) mass is 267 g/mol. The molecule has 0 aliphatic heterocycles. The Kier molecular flexibility index (Phi) is 4.56. The quantitative estimate of drug-likeness (QED) is 0.835. The minimum Gasteiger partial charge on any atom is -0.494 e. The predicted octanol–water partition coefficient (Wildman–Crippen LogP) is 2.99. The topological polar surface area (TPSA) is 49.1 Å². The van der Waals surface area contributed by atoms with E-state index in [9.17, 15) is 0 Å². The number of hydrogen-bond acceptors (Lipinski definition) is 4. The first-order valence-electron chi connectivity index (χ1n) is 6.52. The zero-order chi connectivity index (χ0) is 14.4. The number of anilines is 1. The van der Waals surface area contributed by atoms with Gasteiger partial charge in [0.1, 0.15) is 17.5 Å². The van der Waals surface area contributed by atoms with Crippen molar-refractivity contribution in [1.82, 2.24) is 4.98 Å². The Morgan fingerprint density at radius 2 is 1.95 bits per heavy atom. The number of benzene rings is 1. The SMILES string of the molecule is CCOc1ccc(CN(C)c2ccc(C#N)nc2)cc1. The standard InChI is InChI=1S/C16H17N3O/c1-3-20-16-8-4-13(5-9-16)12-19(2)15-7-6-14(10-17)18-11-15/h4-9,11H,3,12H2,1-2H3. The number of nitrogens with zero attached hydrogens (tertiary/aromatic N) is 3. The van der Waals surface area contributed by atoms with Crippen LogP contribution in [0, 0.1) is 11.3 Å². The smallest absolute Gasteiger partial charge is 0.140 e. The summed E-state index contributed by atoms with van der Waals surface area (Å²) < 4.78 is 5.42. The molecule has 4 heteroatoms. The van der Waals surface area contributed by atoms with E-state index in [-0.39, 0.29) is 0 Å². The summed E-state index contributed by atoms with van der Waals surface area (Å²) in [7, 11) is 2.00. The van der Waals surface area contributed by atoms with E-state index in [1.54, 1.807) is 12.3 Å². The van der Waals surface area contributed by atoms with Crippen LogP contribution < -0.4 is 9.64 Å². The van der Waals surface area contributed by atoms with Crippen molar-refractivity contribution in [1.29, 1.82) is 5.26 Å². The largest absolute Gasteiger partial charge is 0.494 e. The van der Waals surface area contributed by atoms with Crippen LogP contribution in [-0.2, 0) is 6.54 Å². The lowest BCUT2D eigenvalue weighted by atomic mass is 10.2. The maximum absolute atomic E-state index is 8.73. The number of pyridine rings is 1. The second kappa shape index (κ2) is 6.58. The first-order chi connectivity index (χ1) is 9.72. The molecule has 0 N–H and O–H groups in total. The van der Waals surface area contributed by atoms with Crippen LogP contribution in [-0.4, -0.2) is 18.6 Å². The van der Waals surface area contributed by atoms with Gasteiger partial charge >= 0.3 is 0 Å². The van der Waals surface area contributed by atoms with Gasteiger partial charge in [-0.1, -0.05) is 12.1 Å². The summed E-state index contributed by atoms with van der Waals surface area (Å²) in [5.41, 5.74) is 2.61. The van der Waals surface area contributed by atoms with Gasteiger partial charge in [-0.15, -0.1) is 0 Å². The van der Waals surface area contributed by atoms with E-state index in [1.165, 1.54) is 5.56 Å². The molecule has 0 amide bonds. The Balaban J connectivity index is 2.02. The van der Waals surface area contributed by atoms with Crippen LogP contribution in [0.2, 0.25) is 0 Å². The summed E-state index contributed by atoms with van der Waals surface area (Å²) in [6, 6.07) is 13.7. The van der Waals surface area contributed by atoms with E-state index < -0.39 is 0 Å². The van der Waals surface area contributed by atoms with Crippen molar-refractivity contribution in [2.45, 2.75) is 13.5 Å². The molecule has 2 aromatic rings. The summed E-state index contributed by atoms with van der Waals surface area (Å²) in [6.07, 6.45) is 1.72. The zero-order valence-corrected chi connectivity index (χ0v) is 11.7. The van der Waals surface area contributed by atoms with Gasteiger partial charge < -0.3 is 9.64 Å². The van der Waals surface area contributed by atoms with Crippen molar-refractivity contribution in [3.63, 3.8) is 0 Å². The number of hydrogen-bond donors (Lipinski definition) is 0. The molecule has 2 rings (SSSR count). The van der Waals surface area contributed by atoms with Crippen molar-refractivity contribution in [3.05, 3.63) is 53.9 Å². The van der Waals surface area contributed by atoms with Crippen LogP contribution in [0.1, 0.15) is 18.2 Å². The van der Waals surface area contributed by atoms with E-state index in [2.05, 4.69) is 22.0 Å². The van der Waals surface area contributed by atoms with Gasteiger partial charge in [-0.2, -0.15) is 5.26 Å². The highest BCUT2D eigenvalue weighted by molar-refractivity contribution is 5.46. The summed E-state index contributed by atoms with van der Waals surface area (Å²) >= 11 is 0. The maximum Gasteiger partial charge on any atom is 0.140 e. The number of nitriles is 1. The van der Waals surface area contributed by atoms with Crippen molar-refractivity contribution in [3.8, 4) is 11.8 Å². The molecule has 0 aliphatic rings. The van der Waals surface area contributed by atoms with Crippen LogP contribution in [0.3, 0.4) is 0 Å². The molecule has 0 saturated heterocycles. The van der Waals surface area contributed by atoms with Crippen molar-refractivity contribution < 1.29 is 4.74 Å². The molecule has 1 heterocycles. The molecular formula is C16H17N3O. The number of ether oxygens (including phenoxy) is 1. The lowest BCUT2D eigenvalue weighted by molar-refractivity contribution is 0.340. The number of rotatable bonds is 5. The Morgan fingerprint density at radius 3 is 2.50 bits per heavy atom. The van der Waals surface area contributed by atoms with Gasteiger partial charge in [-0.3, -0.25) is 0 Å². The van der Waals surface area contributed by atoms with E-state index in [0.29, 0.717) is 12.3 Å². The predicted molar refractivity (Wildman–Crippen MR) is 78.7 cm³/mol. The highest BCUT2D eigenvalue weighted by Crippen LogP contribution is 2.17. The van der Waals surface area contributed by atoms with Crippen LogP contribution in [0.15, 0.2) is 42.6 Å². The number of aromatic nitrogens is 1. The molecule has 1 aromatic heterocycles. The second-order valence-corrected chi connectivity index (χ2v) is 4.45. The molecule has 20 heavy (non-hydrogen) atoms. The molecule has 0 unspecified atom stereocenters. The van der Waals surface area contributed by atoms with Crippen molar-refractivity contribution in [2.24, 2.45) is 0 Å². The van der Waals surface area contributed by atoms with Crippen molar-refractivity contribution in [2.75, 3.05) is 18.6 Å². The summed E-state index contributed by atoms with van der Waals surface area (Å²) in [4.78, 5) is 6.16. The second-order valence-electron chi connectivity index (χ2n) is 4.45. The van der Waals surface area contributed by atoms with E-state index in [0.717, 1.165) is 18.0 Å². The normalized spacial score (nSPS) is 9.85. The molecule has 0 spiro atoms. The third kappa shape index (κ3) is 3.48.